The zero-order valence-electron chi connectivity index (χ0n) is 17.7. The molecule has 0 aliphatic carbocycles. The number of aromatic nitrogens is 3. The summed E-state index contributed by atoms with van der Waals surface area (Å²) < 4.78 is 29.8. The molecule has 0 spiro atoms. The molecule has 0 aliphatic rings. The first kappa shape index (κ1) is 21.8. The molecule has 2 aromatic heterocycles. The lowest BCUT2D eigenvalue weighted by molar-refractivity contribution is 0.0970. The Hall–Kier alpha value is -4.38. The van der Waals surface area contributed by atoms with Gasteiger partial charge in [0.1, 0.15) is 17.1 Å². The number of halogens is 2. The molecule has 0 atom stereocenters. The van der Waals surface area contributed by atoms with Crippen LogP contribution in [-0.4, -0.2) is 19.9 Å². The maximum atomic E-state index is 13.7. The zero-order chi connectivity index (χ0) is 23.7. The number of nitrogens with zero attached hydrogens (tertiary/aromatic N) is 4. The van der Waals surface area contributed by atoms with E-state index in [1.54, 1.807) is 37.3 Å². The highest BCUT2D eigenvalue weighted by Gasteiger charge is 2.21. The number of hydrogen-bond acceptors (Lipinski definition) is 4. The summed E-state index contributed by atoms with van der Waals surface area (Å²) in [6.07, 6.45) is 2.86. The minimum Gasteiger partial charge on any atom is -0.333 e. The van der Waals surface area contributed by atoms with Crippen LogP contribution in [0.4, 0.5) is 8.78 Å². The molecule has 0 N–H and O–H groups in total. The average Bonchev–Trinajstić information content (AvgIpc) is 3.09. The van der Waals surface area contributed by atoms with E-state index in [0.29, 0.717) is 16.8 Å². The second kappa shape index (κ2) is 8.63. The van der Waals surface area contributed by atoms with Crippen molar-refractivity contribution in [2.75, 3.05) is 0 Å². The number of benzene rings is 2. The van der Waals surface area contributed by atoms with Gasteiger partial charge in [0.2, 0.25) is 0 Å². The molecule has 0 aliphatic heterocycles. The first-order chi connectivity index (χ1) is 15.8. The number of carbonyl (C=O) groups is 1. The first-order valence-electron chi connectivity index (χ1n) is 10.0. The van der Waals surface area contributed by atoms with Crippen molar-refractivity contribution in [1.82, 2.24) is 14.1 Å². The fourth-order valence-corrected chi connectivity index (χ4v) is 3.73. The number of ketones is 1. The fraction of sp³-hybridized carbons (Fsp3) is 0.120. The van der Waals surface area contributed by atoms with Crippen LogP contribution in [0.25, 0.3) is 17.1 Å². The molecule has 0 fully saturated rings. The van der Waals surface area contributed by atoms with Gasteiger partial charge in [-0.05, 0) is 36.2 Å². The molecule has 8 heteroatoms. The van der Waals surface area contributed by atoms with E-state index in [1.165, 1.54) is 21.5 Å². The number of carbonyl (C=O) groups excluding carboxylic acids is 1. The monoisotopic (exact) mass is 444 g/mol. The van der Waals surface area contributed by atoms with Crippen LogP contribution < -0.4 is 5.56 Å². The number of nitriles is 1. The molecular formula is C25H18F2N4O2. The number of fused-ring (bicyclic) bond motifs is 1. The summed E-state index contributed by atoms with van der Waals surface area (Å²) >= 11 is 0. The van der Waals surface area contributed by atoms with E-state index in [2.05, 4.69) is 11.6 Å². The molecule has 0 radical (unpaired) electrons. The summed E-state index contributed by atoms with van der Waals surface area (Å²) in [7, 11) is 0. The topological polar surface area (TPSA) is 80.7 Å². The zero-order valence-corrected chi connectivity index (χ0v) is 17.7. The SMILES string of the molecule is C=Cc1cccc(C(=O)Cn2cnc3c(C#N)c(C)n(Cc4ccc(F)c(F)c4)c3c2=O)c1. The van der Waals surface area contributed by atoms with Crippen LogP contribution in [0.5, 0.6) is 0 Å². The van der Waals surface area contributed by atoms with Gasteiger partial charge in [0, 0.05) is 17.8 Å². The molecule has 2 aromatic carbocycles. The maximum Gasteiger partial charge on any atom is 0.278 e. The largest absolute Gasteiger partial charge is 0.333 e. The molecule has 33 heavy (non-hydrogen) atoms. The van der Waals surface area contributed by atoms with Crippen molar-refractivity contribution in [2.24, 2.45) is 0 Å². The standard InChI is InChI=1S/C25H18F2N4O2/c1-3-16-5-4-6-18(9-16)22(32)13-30-14-29-23-19(11-28)15(2)31(24(23)25(30)33)12-17-7-8-20(26)21(27)10-17/h3-10,14H,1,12-13H2,2H3. The summed E-state index contributed by atoms with van der Waals surface area (Å²) in [4.78, 5) is 30.4. The molecule has 0 saturated carbocycles. The third-order valence-corrected chi connectivity index (χ3v) is 5.48. The fourth-order valence-electron chi connectivity index (χ4n) is 3.73. The Kier molecular flexibility index (Phi) is 5.71. The molecule has 2 heterocycles. The quantitative estimate of drug-likeness (QED) is 0.417. The average molecular weight is 444 g/mol. The summed E-state index contributed by atoms with van der Waals surface area (Å²) in [5.41, 5.74) is 2.07. The van der Waals surface area contributed by atoms with Crippen LogP contribution in [0, 0.1) is 29.9 Å². The summed E-state index contributed by atoms with van der Waals surface area (Å²) in [6.45, 7) is 5.11. The van der Waals surface area contributed by atoms with Gasteiger partial charge in [0.15, 0.2) is 17.4 Å². The second-order valence-corrected chi connectivity index (χ2v) is 7.53. The maximum absolute atomic E-state index is 13.7. The Labute approximate surface area is 187 Å². The van der Waals surface area contributed by atoms with E-state index in [-0.39, 0.29) is 35.5 Å². The smallest absolute Gasteiger partial charge is 0.278 e. The third kappa shape index (κ3) is 3.96. The third-order valence-electron chi connectivity index (χ3n) is 5.48. The lowest BCUT2D eigenvalue weighted by atomic mass is 10.1. The Bertz CT molecular complexity index is 1530. The second-order valence-electron chi connectivity index (χ2n) is 7.53. The van der Waals surface area contributed by atoms with Gasteiger partial charge in [-0.25, -0.2) is 13.8 Å². The van der Waals surface area contributed by atoms with Gasteiger partial charge >= 0.3 is 0 Å². The van der Waals surface area contributed by atoms with Gasteiger partial charge in [-0.1, -0.05) is 36.9 Å². The van der Waals surface area contributed by atoms with Gasteiger partial charge in [-0.15, -0.1) is 0 Å². The highest BCUT2D eigenvalue weighted by atomic mass is 19.2. The Balaban J connectivity index is 1.80. The minimum atomic E-state index is -1.01. The van der Waals surface area contributed by atoms with Gasteiger partial charge in [-0.3, -0.25) is 14.2 Å². The van der Waals surface area contributed by atoms with Crippen molar-refractivity contribution in [3.63, 3.8) is 0 Å². The highest BCUT2D eigenvalue weighted by molar-refractivity contribution is 5.96. The van der Waals surface area contributed by atoms with Gasteiger partial charge in [-0.2, -0.15) is 5.26 Å². The minimum absolute atomic E-state index is 0.0253. The van der Waals surface area contributed by atoms with Gasteiger partial charge in [0.25, 0.3) is 5.56 Å². The molecule has 6 nitrogen and oxygen atoms in total. The van der Waals surface area contributed by atoms with E-state index in [9.17, 15) is 23.6 Å². The van der Waals surface area contributed by atoms with Crippen molar-refractivity contribution in [2.45, 2.75) is 20.0 Å². The molecule has 4 aromatic rings. The van der Waals surface area contributed by atoms with Gasteiger partial charge in [0.05, 0.1) is 18.4 Å². The molecule has 0 saturated heterocycles. The number of hydrogen-bond donors (Lipinski definition) is 0. The lowest BCUT2D eigenvalue weighted by Gasteiger charge is -2.10. The van der Waals surface area contributed by atoms with E-state index in [0.717, 1.165) is 17.7 Å². The highest BCUT2D eigenvalue weighted by Crippen LogP contribution is 2.23. The molecule has 164 valence electrons. The van der Waals surface area contributed by atoms with E-state index < -0.39 is 17.2 Å². The van der Waals surface area contributed by atoms with Crippen LogP contribution in [0.15, 0.2) is 60.2 Å². The van der Waals surface area contributed by atoms with Crippen LogP contribution in [-0.2, 0) is 13.1 Å². The molecular weight excluding hydrogens is 426 g/mol. The van der Waals surface area contributed by atoms with Crippen LogP contribution in [0.2, 0.25) is 0 Å². The summed E-state index contributed by atoms with van der Waals surface area (Å²) in [6, 6.07) is 12.4. The van der Waals surface area contributed by atoms with Crippen molar-refractivity contribution >= 4 is 22.9 Å². The summed E-state index contributed by atoms with van der Waals surface area (Å²) in [5.74, 6) is -2.28. The molecule has 0 amide bonds. The van der Waals surface area contributed by atoms with E-state index in [1.807, 2.05) is 6.07 Å². The number of rotatable bonds is 6. The van der Waals surface area contributed by atoms with Crippen molar-refractivity contribution in [3.05, 3.63) is 105 Å². The lowest BCUT2D eigenvalue weighted by Crippen LogP contribution is -2.26. The molecule has 0 bridgehead atoms. The Morgan fingerprint density at radius 3 is 2.70 bits per heavy atom. The molecule has 0 unspecified atom stereocenters. The van der Waals surface area contributed by atoms with Crippen LogP contribution in [0.3, 0.4) is 0 Å². The van der Waals surface area contributed by atoms with Gasteiger partial charge < -0.3 is 4.57 Å². The van der Waals surface area contributed by atoms with Crippen molar-refractivity contribution in [3.8, 4) is 6.07 Å². The van der Waals surface area contributed by atoms with E-state index in [4.69, 9.17) is 0 Å². The predicted molar refractivity (Wildman–Crippen MR) is 120 cm³/mol. The van der Waals surface area contributed by atoms with Crippen LogP contribution in [0.1, 0.15) is 32.7 Å². The Morgan fingerprint density at radius 1 is 1.21 bits per heavy atom. The van der Waals surface area contributed by atoms with E-state index >= 15 is 0 Å². The van der Waals surface area contributed by atoms with Crippen molar-refractivity contribution in [1.29, 1.82) is 5.26 Å². The first-order valence-corrected chi connectivity index (χ1v) is 10.0. The van der Waals surface area contributed by atoms with Crippen LogP contribution >= 0.6 is 0 Å². The summed E-state index contributed by atoms with van der Waals surface area (Å²) in [5, 5.41) is 9.60. The normalized spacial score (nSPS) is 10.8. The Morgan fingerprint density at radius 2 is 2.00 bits per heavy atom. The number of Topliss-reactive ketones (excluding diaryl/α,β-unsaturated/α-hetero) is 1. The predicted octanol–water partition coefficient (Wildman–Crippen LogP) is 4.23. The molecule has 4 rings (SSSR count). The van der Waals surface area contributed by atoms with Crippen molar-refractivity contribution < 1.29 is 13.6 Å².